The van der Waals surface area contributed by atoms with Crippen LogP contribution in [-0.2, 0) is 10.8 Å². The van der Waals surface area contributed by atoms with E-state index in [9.17, 15) is 4.21 Å². The molecule has 0 amide bonds. The molecule has 2 nitrogen and oxygen atoms in total. The Morgan fingerprint density at radius 1 is 0.947 bits per heavy atom. The number of benzene rings is 2. The summed E-state index contributed by atoms with van der Waals surface area (Å²) in [5.41, 5.74) is 1.23. The third-order valence-corrected chi connectivity index (χ3v) is 4.84. The van der Waals surface area contributed by atoms with Gasteiger partial charge in [0.05, 0.1) is 10.8 Å². The van der Waals surface area contributed by atoms with Crippen molar-refractivity contribution >= 4 is 16.5 Å². The SMILES string of the molecule is CC1CN(c2ccc(S(=O)c3ccccc3)cc2)C1. The maximum absolute atomic E-state index is 12.4. The van der Waals surface area contributed by atoms with Crippen molar-refractivity contribution in [3.05, 3.63) is 54.6 Å². The zero-order valence-corrected chi connectivity index (χ0v) is 11.8. The summed E-state index contributed by atoms with van der Waals surface area (Å²) in [4.78, 5) is 4.07. The first-order chi connectivity index (χ1) is 9.24. The first-order valence-electron chi connectivity index (χ1n) is 6.56. The Labute approximate surface area is 116 Å². The normalized spacial score (nSPS) is 17.0. The second-order valence-electron chi connectivity index (χ2n) is 5.09. The van der Waals surface area contributed by atoms with E-state index < -0.39 is 10.8 Å². The first-order valence-corrected chi connectivity index (χ1v) is 7.71. The molecule has 2 aromatic rings. The number of anilines is 1. The van der Waals surface area contributed by atoms with E-state index in [1.165, 1.54) is 5.69 Å². The van der Waals surface area contributed by atoms with Crippen LogP contribution < -0.4 is 4.90 Å². The average molecular weight is 271 g/mol. The summed E-state index contributed by atoms with van der Waals surface area (Å²) >= 11 is 0. The Balaban J connectivity index is 1.77. The number of hydrogen-bond donors (Lipinski definition) is 0. The van der Waals surface area contributed by atoms with Gasteiger partial charge in [0.25, 0.3) is 0 Å². The second-order valence-corrected chi connectivity index (χ2v) is 6.57. The molecule has 2 aromatic carbocycles. The van der Waals surface area contributed by atoms with E-state index in [-0.39, 0.29) is 0 Å². The molecule has 3 rings (SSSR count). The molecule has 1 unspecified atom stereocenters. The Kier molecular flexibility index (Phi) is 3.38. The molecule has 1 heterocycles. The van der Waals surface area contributed by atoms with Crippen molar-refractivity contribution < 1.29 is 4.21 Å². The highest BCUT2D eigenvalue weighted by Crippen LogP contribution is 2.26. The Hall–Kier alpha value is -1.61. The standard InChI is InChI=1S/C16H17NOS/c1-13-11-17(12-13)14-7-9-16(10-8-14)19(18)15-5-3-2-4-6-15/h2-10,13H,11-12H2,1H3. The predicted octanol–water partition coefficient (Wildman–Crippen LogP) is 3.31. The van der Waals surface area contributed by atoms with Crippen LogP contribution in [0.1, 0.15) is 6.92 Å². The molecule has 0 aromatic heterocycles. The van der Waals surface area contributed by atoms with E-state index in [4.69, 9.17) is 0 Å². The lowest BCUT2D eigenvalue weighted by Crippen LogP contribution is -2.45. The fourth-order valence-electron chi connectivity index (χ4n) is 2.37. The van der Waals surface area contributed by atoms with Crippen molar-refractivity contribution in [1.29, 1.82) is 0 Å². The summed E-state index contributed by atoms with van der Waals surface area (Å²) in [6, 6.07) is 17.7. The van der Waals surface area contributed by atoms with Crippen LogP contribution in [0, 0.1) is 5.92 Å². The minimum Gasteiger partial charge on any atom is -0.371 e. The van der Waals surface area contributed by atoms with Gasteiger partial charge in [0.1, 0.15) is 0 Å². The molecule has 0 bridgehead atoms. The quantitative estimate of drug-likeness (QED) is 0.853. The molecule has 0 N–H and O–H groups in total. The van der Waals surface area contributed by atoms with Crippen LogP contribution in [0.2, 0.25) is 0 Å². The molecule has 1 aliphatic heterocycles. The predicted molar refractivity (Wildman–Crippen MR) is 78.9 cm³/mol. The molecule has 3 heteroatoms. The highest BCUT2D eigenvalue weighted by Gasteiger charge is 2.22. The molecule has 0 spiro atoms. The van der Waals surface area contributed by atoms with Crippen LogP contribution in [0.4, 0.5) is 5.69 Å². The largest absolute Gasteiger partial charge is 0.371 e. The highest BCUT2D eigenvalue weighted by atomic mass is 32.2. The summed E-state index contributed by atoms with van der Waals surface area (Å²) in [6.07, 6.45) is 0. The van der Waals surface area contributed by atoms with E-state index in [1.807, 2.05) is 42.5 Å². The Morgan fingerprint density at radius 2 is 1.53 bits per heavy atom. The van der Waals surface area contributed by atoms with E-state index in [2.05, 4.69) is 24.0 Å². The fraction of sp³-hybridized carbons (Fsp3) is 0.250. The molecular formula is C16H17NOS. The van der Waals surface area contributed by atoms with Gasteiger partial charge in [-0.05, 0) is 42.3 Å². The van der Waals surface area contributed by atoms with Gasteiger partial charge in [0.15, 0.2) is 0 Å². The van der Waals surface area contributed by atoms with Gasteiger partial charge in [-0.25, -0.2) is 4.21 Å². The van der Waals surface area contributed by atoms with Crippen LogP contribution in [0.25, 0.3) is 0 Å². The number of hydrogen-bond acceptors (Lipinski definition) is 2. The third kappa shape index (κ3) is 2.56. The zero-order chi connectivity index (χ0) is 13.2. The van der Waals surface area contributed by atoms with Crippen LogP contribution in [0.15, 0.2) is 64.4 Å². The van der Waals surface area contributed by atoms with Crippen molar-refractivity contribution in [1.82, 2.24) is 0 Å². The van der Waals surface area contributed by atoms with Gasteiger partial charge in [-0.2, -0.15) is 0 Å². The molecule has 0 aliphatic carbocycles. The Morgan fingerprint density at radius 3 is 2.11 bits per heavy atom. The van der Waals surface area contributed by atoms with Crippen LogP contribution >= 0.6 is 0 Å². The smallest absolute Gasteiger partial charge is 0.0849 e. The molecule has 98 valence electrons. The van der Waals surface area contributed by atoms with Crippen molar-refractivity contribution in [2.24, 2.45) is 5.92 Å². The maximum atomic E-state index is 12.4. The summed E-state index contributed by atoms with van der Waals surface area (Å²) in [7, 11) is -1.08. The number of nitrogens with zero attached hydrogens (tertiary/aromatic N) is 1. The van der Waals surface area contributed by atoms with Crippen LogP contribution in [0.3, 0.4) is 0 Å². The lowest BCUT2D eigenvalue weighted by Gasteiger charge is -2.39. The van der Waals surface area contributed by atoms with Crippen LogP contribution in [-0.4, -0.2) is 17.3 Å². The lowest BCUT2D eigenvalue weighted by molar-refractivity contribution is 0.447. The molecule has 1 atom stereocenters. The van der Waals surface area contributed by atoms with Gasteiger partial charge in [0.2, 0.25) is 0 Å². The molecule has 0 saturated carbocycles. The van der Waals surface area contributed by atoms with E-state index in [0.29, 0.717) is 0 Å². The molecule has 1 fully saturated rings. The Bertz CT molecular complexity index is 573. The highest BCUT2D eigenvalue weighted by molar-refractivity contribution is 7.85. The van der Waals surface area contributed by atoms with E-state index >= 15 is 0 Å². The summed E-state index contributed by atoms with van der Waals surface area (Å²) in [5.74, 6) is 0.790. The molecule has 1 aliphatic rings. The maximum Gasteiger partial charge on any atom is 0.0849 e. The van der Waals surface area contributed by atoms with Crippen molar-refractivity contribution in [2.45, 2.75) is 16.7 Å². The van der Waals surface area contributed by atoms with Crippen LogP contribution in [0.5, 0.6) is 0 Å². The van der Waals surface area contributed by atoms with Gasteiger partial charge in [-0.1, -0.05) is 25.1 Å². The second kappa shape index (κ2) is 5.17. The van der Waals surface area contributed by atoms with Gasteiger partial charge in [-0.15, -0.1) is 0 Å². The van der Waals surface area contributed by atoms with Crippen molar-refractivity contribution in [3.63, 3.8) is 0 Å². The molecule has 1 saturated heterocycles. The third-order valence-electron chi connectivity index (χ3n) is 3.44. The summed E-state index contributed by atoms with van der Waals surface area (Å²) in [5, 5.41) is 0. The van der Waals surface area contributed by atoms with Gasteiger partial charge >= 0.3 is 0 Å². The number of rotatable bonds is 3. The first kappa shape index (κ1) is 12.4. The fourth-order valence-corrected chi connectivity index (χ4v) is 3.43. The molecule has 0 radical (unpaired) electrons. The zero-order valence-electron chi connectivity index (χ0n) is 11.0. The van der Waals surface area contributed by atoms with Gasteiger partial charge in [0, 0.05) is 28.6 Å². The lowest BCUT2D eigenvalue weighted by atomic mass is 10.0. The van der Waals surface area contributed by atoms with Crippen molar-refractivity contribution in [3.8, 4) is 0 Å². The summed E-state index contributed by atoms with van der Waals surface area (Å²) in [6.45, 7) is 4.51. The molecular weight excluding hydrogens is 254 g/mol. The average Bonchev–Trinajstić information content (AvgIpc) is 2.44. The monoisotopic (exact) mass is 271 g/mol. The van der Waals surface area contributed by atoms with E-state index in [1.54, 1.807) is 0 Å². The van der Waals surface area contributed by atoms with Crippen molar-refractivity contribution in [2.75, 3.05) is 18.0 Å². The minimum absolute atomic E-state index is 0.790. The minimum atomic E-state index is -1.08. The van der Waals surface area contributed by atoms with Gasteiger partial charge in [-0.3, -0.25) is 0 Å². The summed E-state index contributed by atoms with van der Waals surface area (Å²) < 4.78 is 12.4. The molecule has 19 heavy (non-hydrogen) atoms. The van der Waals surface area contributed by atoms with E-state index in [0.717, 1.165) is 28.8 Å². The van der Waals surface area contributed by atoms with Gasteiger partial charge < -0.3 is 4.90 Å². The topological polar surface area (TPSA) is 20.3 Å².